The van der Waals surface area contributed by atoms with Crippen molar-refractivity contribution >= 4 is 11.6 Å². The number of alkyl halides is 2. The van der Waals surface area contributed by atoms with Crippen LogP contribution in [0.3, 0.4) is 0 Å². The number of ether oxygens (including phenoxy) is 1. The first-order chi connectivity index (χ1) is 10.1. The monoisotopic (exact) mass is 293 g/mol. The zero-order valence-corrected chi connectivity index (χ0v) is 11.1. The van der Waals surface area contributed by atoms with Gasteiger partial charge in [0.15, 0.2) is 5.82 Å². The van der Waals surface area contributed by atoms with Crippen LogP contribution in [0.5, 0.6) is 5.75 Å². The summed E-state index contributed by atoms with van der Waals surface area (Å²) < 4.78 is 31.6. The van der Waals surface area contributed by atoms with Gasteiger partial charge in [0.1, 0.15) is 12.4 Å². The number of hydrogen-bond donors (Lipinski definition) is 1. The van der Waals surface area contributed by atoms with E-state index in [2.05, 4.69) is 10.3 Å². The normalized spacial score (nSPS) is 14.0. The lowest BCUT2D eigenvalue weighted by Crippen LogP contribution is -2.18. The molecule has 0 saturated carbocycles. The fraction of sp³-hybridized carbons (Fsp3) is 0.286. The molecule has 0 bridgehead atoms. The zero-order valence-electron chi connectivity index (χ0n) is 11.1. The second-order valence-corrected chi connectivity index (χ2v) is 4.68. The van der Waals surface area contributed by atoms with Crippen LogP contribution in [-0.2, 0) is 17.8 Å². The highest BCUT2D eigenvalue weighted by atomic mass is 19.3. The average molecular weight is 293 g/mol. The lowest BCUT2D eigenvalue weighted by atomic mass is 10.0. The van der Waals surface area contributed by atoms with E-state index < -0.39 is 6.55 Å². The van der Waals surface area contributed by atoms with Crippen molar-refractivity contribution < 1.29 is 18.3 Å². The Bertz CT molecular complexity index is 670. The maximum atomic E-state index is 12.7. The Balaban J connectivity index is 1.72. The molecule has 0 atom stereocenters. The molecule has 3 rings (SSSR count). The van der Waals surface area contributed by atoms with Crippen molar-refractivity contribution in [1.29, 1.82) is 0 Å². The molecule has 2 aromatic rings. The predicted octanol–water partition coefficient (Wildman–Crippen LogP) is 2.74. The standard InChI is InChI=1S/C14H13F2N3O2/c15-14(16)19-6-5-17-12(19)8-21-10-3-1-9-2-4-13(20)18-11(9)7-10/h1,3,5-7,14H,2,4,8H2,(H,18,20). The Morgan fingerprint density at radius 1 is 1.38 bits per heavy atom. The van der Waals surface area contributed by atoms with Gasteiger partial charge in [-0.05, 0) is 18.1 Å². The van der Waals surface area contributed by atoms with Gasteiger partial charge >= 0.3 is 6.55 Å². The smallest absolute Gasteiger partial charge is 0.320 e. The molecule has 1 aromatic carbocycles. The highest BCUT2D eigenvalue weighted by Gasteiger charge is 2.16. The van der Waals surface area contributed by atoms with E-state index in [1.165, 1.54) is 12.4 Å². The van der Waals surface area contributed by atoms with E-state index in [9.17, 15) is 13.6 Å². The van der Waals surface area contributed by atoms with Crippen LogP contribution >= 0.6 is 0 Å². The van der Waals surface area contributed by atoms with E-state index in [-0.39, 0.29) is 18.3 Å². The summed E-state index contributed by atoms with van der Waals surface area (Å²) in [5, 5.41) is 2.76. The van der Waals surface area contributed by atoms with Gasteiger partial charge in [-0.25, -0.2) is 4.98 Å². The molecule has 5 nitrogen and oxygen atoms in total. The number of hydrogen-bond acceptors (Lipinski definition) is 3. The van der Waals surface area contributed by atoms with Crippen molar-refractivity contribution in [1.82, 2.24) is 9.55 Å². The summed E-state index contributed by atoms with van der Waals surface area (Å²) in [5.74, 6) is 0.611. The molecule has 2 heterocycles. The number of carbonyl (C=O) groups excluding carboxylic acids is 1. The number of amides is 1. The summed E-state index contributed by atoms with van der Waals surface area (Å²) in [6.07, 6.45) is 3.67. The third-order valence-electron chi connectivity index (χ3n) is 3.30. The number of nitrogens with zero attached hydrogens (tertiary/aromatic N) is 2. The summed E-state index contributed by atoms with van der Waals surface area (Å²) in [6.45, 7) is -2.71. The van der Waals surface area contributed by atoms with Crippen molar-refractivity contribution in [3.05, 3.63) is 42.0 Å². The number of rotatable bonds is 4. The topological polar surface area (TPSA) is 56.1 Å². The molecule has 1 aliphatic rings. The van der Waals surface area contributed by atoms with Crippen LogP contribution in [0.1, 0.15) is 24.4 Å². The van der Waals surface area contributed by atoms with Gasteiger partial charge in [0, 0.05) is 30.6 Å². The predicted molar refractivity (Wildman–Crippen MR) is 71.2 cm³/mol. The molecule has 1 N–H and O–H groups in total. The van der Waals surface area contributed by atoms with Gasteiger partial charge in [0.2, 0.25) is 5.91 Å². The maximum absolute atomic E-state index is 12.7. The minimum atomic E-state index is -2.64. The number of carbonyl (C=O) groups is 1. The second-order valence-electron chi connectivity index (χ2n) is 4.68. The lowest BCUT2D eigenvalue weighted by molar-refractivity contribution is -0.116. The van der Waals surface area contributed by atoms with Crippen molar-refractivity contribution in [2.45, 2.75) is 26.0 Å². The highest BCUT2D eigenvalue weighted by molar-refractivity contribution is 5.94. The third kappa shape index (κ3) is 2.86. The molecule has 110 valence electrons. The molecule has 0 radical (unpaired) electrons. The van der Waals surface area contributed by atoms with E-state index in [1.54, 1.807) is 12.1 Å². The first-order valence-corrected chi connectivity index (χ1v) is 6.49. The summed E-state index contributed by atoms with van der Waals surface area (Å²) in [5.41, 5.74) is 1.75. The van der Waals surface area contributed by atoms with Gasteiger partial charge in [-0.3, -0.25) is 9.36 Å². The molecule has 0 unspecified atom stereocenters. The Hall–Kier alpha value is -2.44. The molecular formula is C14H13F2N3O2. The van der Waals surface area contributed by atoms with Crippen LogP contribution in [0.25, 0.3) is 0 Å². The molecule has 0 saturated heterocycles. The Morgan fingerprint density at radius 2 is 2.24 bits per heavy atom. The average Bonchev–Trinajstić information content (AvgIpc) is 2.93. The van der Waals surface area contributed by atoms with Crippen LogP contribution in [0, 0.1) is 0 Å². The summed E-state index contributed by atoms with van der Waals surface area (Å²) in [7, 11) is 0. The number of halogens is 2. The van der Waals surface area contributed by atoms with Crippen molar-refractivity contribution in [3.8, 4) is 5.75 Å². The third-order valence-corrected chi connectivity index (χ3v) is 3.30. The molecule has 7 heteroatoms. The largest absolute Gasteiger partial charge is 0.486 e. The minimum absolute atomic E-state index is 0.0344. The Labute approximate surface area is 119 Å². The van der Waals surface area contributed by atoms with Crippen molar-refractivity contribution in [2.75, 3.05) is 5.32 Å². The number of benzene rings is 1. The first kappa shape index (κ1) is 13.5. The van der Waals surface area contributed by atoms with E-state index in [0.29, 0.717) is 24.3 Å². The van der Waals surface area contributed by atoms with Gasteiger partial charge in [-0.1, -0.05) is 6.07 Å². The van der Waals surface area contributed by atoms with Crippen LogP contribution in [0.15, 0.2) is 30.6 Å². The molecule has 0 fully saturated rings. The van der Waals surface area contributed by atoms with Crippen molar-refractivity contribution in [2.24, 2.45) is 0 Å². The molecule has 21 heavy (non-hydrogen) atoms. The number of imidazole rings is 1. The van der Waals surface area contributed by atoms with Gasteiger partial charge in [-0.15, -0.1) is 0 Å². The van der Waals surface area contributed by atoms with Crippen LogP contribution < -0.4 is 10.1 Å². The molecule has 0 aliphatic carbocycles. The fourth-order valence-corrected chi connectivity index (χ4v) is 2.22. The number of nitrogens with one attached hydrogen (secondary N) is 1. The van der Waals surface area contributed by atoms with Gasteiger partial charge in [-0.2, -0.15) is 8.78 Å². The molecule has 0 spiro atoms. The highest BCUT2D eigenvalue weighted by Crippen LogP contribution is 2.27. The quantitative estimate of drug-likeness (QED) is 0.943. The van der Waals surface area contributed by atoms with E-state index >= 15 is 0 Å². The number of aryl methyl sites for hydroxylation is 1. The van der Waals surface area contributed by atoms with Gasteiger partial charge < -0.3 is 10.1 Å². The molecule has 1 amide bonds. The lowest BCUT2D eigenvalue weighted by Gasteiger charge is -2.17. The SMILES string of the molecule is O=C1CCc2ccc(OCc3nccn3C(F)F)cc2N1. The number of anilines is 1. The number of fused-ring (bicyclic) bond motifs is 1. The molecular weight excluding hydrogens is 280 g/mol. The summed E-state index contributed by atoms with van der Waals surface area (Å²) >= 11 is 0. The fourth-order valence-electron chi connectivity index (χ4n) is 2.22. The molecule has 1 aromatic heterocycles. The van der Waals surface area contributed by atoms with E-state index in [1.807, 2.05) is 6.07 Å². The van der Waals surface area contributed by atoms with E-state index in [0.717, 1.165) is 10.1 Å². The van der Waals surface area contributed by atoms with E-state index in [4.69, 9.17) is 4.74 Å². The van der Waals surface area contributed by atoms with Gasteiger partial charge in [0.25, 0.3) is 0 Å². The Morgan fingerprint density at radius 3 is 3.05 bits per heavy atom. The maximum Gasteiger partial charge on any atom is 0.320 e. The molecule has 1 aliphatic heterocycles. The number of aromatic nitrogens is 2. The first-order valence-electron chi connectivity index (χ1n) is 6.49. The second kappa shape index (κ2) is 5.51. The summed E-state index contributed by atoms with van der Waals surface area (Å²) in [6, 6.07) is 5.32. The van der Waals surface area contributed by atoms with Gasteiger partial charge in [0.05, 0.1) is 0 Å². The zero-order chi connectivity index (χ0) is 14.8. The van der Waals surface area contributed by atoms with Crippen molar-refractivity contribution in [3.63, 3.8) is 0 Å². The van der Waals surface area contributed by atoms with Crippen LogP contribution in [0.2, 0.25) is 0 Å². The Kier molecular flexibility index (Phi) is 3.55. The summed E-state index contributed by atoms with van der Waals surface area (Å²) in [4.78, 5) is 15.2. The van der Waals surface area contributed by atoms with Crippen LogP contribution in [-0.4, -0.2) is 15.5 Å². The minimum Gasteiger partial charge on any atom is -0.486 e. The van der Waals surface area contributed by atoms with Crippen LogP contribution in [0.4, 0.5) is 14.5 Å².